The summed E-state index contributed by atoms with van der Waals surface area (Å²) in [5.74, 6) is 0. The molecule has 0 heterocycles. The highest BCUT2D eigenvalue weighted by Gasteiger charge is 1.96. The Morgan fingerprint density at radius 1 is 0.414 bits per heavy atom. The molecule has 0 aliphatic rings. The molecule has 0 aromatic heterocycles. The van der Waals surface area contributed by atoms with Crippen molar-refractivity contribution in [1.82, 2.24) is 0 Å². The lowest BCUT2D eigenvalue weighted by Crippen LogP contribution is -1.85. The van der Waals surface area contributed by atoms with Gasteiger partial charge in [0.25, 0.3) is 0 Å². The van der Waals surface area contributed by atoms with Crippen LogP contribution in [0.2, 0.25) is 0 Å². The molecule has 29 heavy (non-hydrogen) atoms. The van der Waals surface area contributed by atoms with Crippen molar-refractivity contribution in [2.75, 3.05) is 6.54 Å². The van der Waals surface area contributed by atoms with Crippen LogP contribution in [-0.2, 0) is 4.79 Å². The second-order valence-corrected chi connectivity index (χ2v) is 9.10. The number of nitrogens with zero attached hydrogens (tertiary/aromatic N) is 1. The van der Waals surface area contributed by atoms with E-state index < -0.39 is 0 Å². The van der Waals surface area contributed by atoms with Crippen molar-refractivity contribution < 1.29 is 4.79 Å². The van der Waals surface area contributed by atoms with Crippen molar-refractivity contribution >= 4 is 6.08 Å². The van der Waals surface area contributed by atoms with Crippen molar-refractivity contribution in [3.63, 3.8) is 0 Å². The number of hydrogen-bond donors (Lipinski definition) is 0. The van der Waals surface area contributed by atoms with E-state index in [1.54, 1.807) is 6.08 Å². The fraction of sp³-hybridized carbons (Fsp3) is 0.963. The van der Waals surface area contributed by atoms with Gasteiger partial charge in [-0.3, -0.25) is 0 Å². The van der Waals surface area contributed by atoms with E-state index in [0.717, 1.165) is 6.42 Å². The van der Waals surface area contributed by atoms with Gasteiger partial charge in [0.15, 0.2) is 0 Å². The average molecular weight is 408 g/mol. The van der Waals surface area contributed by atoms with Crippen molar-refractivity contribution in [2.45, 2.75) is 161 Å². The Morgan fingerprint density at radius 2 is 0.655 bits per heavy atom. The normalized spacial score (nSPS) is 10.9. The van der Waals surface area contributed by atoms with Gasteiger partial charge in [0, 0.05) is 0 Å². The van der Waals surface area contributed by atoms with Gasteiger partial charge in [0.05, 0.1) is 6.54 Å². The molecule has 0 N–H and O–H groups in total. The van der Waals surface area contributed by atoms with Crippen LogP contribution in [0.1, 0.15) is 161 Å². The van der Waals surface area contributed by atoms with E-state index in [9.17, 15) is 4.79 Å². The van der Waals surface area contributed by atoms with Crippen LogP contribution in [0.4, 0.5) is 0 Å². The highest BCUT2D eigenvalue weighted by molar-refractivity contribution is 5.32. The largest absolute Gasteiger partial charge is 0.234 e. The molecule has 0 saturated carbocycles. The molecule has 0 fully saturated rings. The molecule has 0 aliphatic heterocycles. The zero-order valence-corrected chi connectivity index (χ0v) is 20.0. The second kappa shape index (κ2) is 27.4. The maximum atomic E-state index is 9.94. The Kier molecular flexibility index (Phi) is 26.8. The number of isocyanates is 1. The number of aliphatic imine (C=N–C) groups is 1. The number of rotatable bonds is 25. The van der Waals surface area contributed by atoms with Gasteiger partial charge in [-0.2, -0.15) is 0 Å². The van der Waals surface area contributed by atoms with Gasteiger partial charge in [0.2, 0.25) is 6.08 Å². The summed E-state index contributed by atoms with van der Waals surface area (Å²) in [6.45, 7) is 2.97. The molecular weight excluding hydrogens is 354 g/mol. The van der Waals surface area contributed by atoms with Crippen molar-refractivity contribution in [3.8, 4) is 0 Å². The van der Waals surface area contributed by atoms with Crippen LogP contribution in [-0.4, -0.2) is 12.6 Å². The minimum atomic E-state index is 0.669. The molecule has 0 aliphatic carbocycles. The molecule has 0 saturated heterocycles. The molecule has 2 nitrogen and oxygen atoms in total. The fourth-order valence-electron chi connectivity index (χ4n) is 4.20. The monoisotopic (exact) mass is 407 g/mol. The van der Waals surface area contributed by atoms with E-state index in [1.807, 2.05) is 0 Å². The fourth-order valence-corrected chi connectivity index (χ4v) is 4.20. The first-order valence-corrected chi connectivity index (χ1v) is 13.5. The maximum absolute atomic E-state index is 9.94. The van der Waals surface area contributed by atoms with Gasteiger partial charge in [0.1, 0.15) is 0 Å². The smallest absolute Gasteiger partial charge is 0.211 e. The summed E-state index contributed by atoms with van der Waals surface area (Å²) in [5, 5.41) is 0. The molecule has 0 radical (unpaired) electrons. The summed E-state index contributed by atoms with van der Waals surface area (Å²) < 4.78 is 0. The molecule has 0 unspecified atom stereocenters. The number of hydrogen-bond acceptors (Lipinski definition) is 2. The van der Waals surface area contributed by atoms with E-state index in [2.05, 4.69) is 11.9 Å². The molecule has 0 aromatic rings. The van der Waals surface area contributed by atoms with Gasteiger partial charge in [-0.25, -0.2) is 9.79 Å². The Balaban J connectivity index is 2.99. The molecule has 0 bridgehead atoms. The van der Waals surface area contributed by atoms with E-state index in [4.69, 9.17) is 0 Å². The van der Waals surface area contributed by atoms with Crippen molar-refractivity contribution in [2.24, 2.45) is 4.99 Å². The Labute approximate surface area is 183 Å². The Bertz CT molecular complexity index is 335. The quantitative estimate of drug-likeness (QED) is 0.0841. The molecule has 0 spiro atoms. The first-order chi connectivity index (χ1) is 14.4. The van der Waals surface area contributed by atoms with Crippen molar-refractivity contribution in [1.29, 1.82) is 0 Å². The van der Waals surface area contributed by atoms with Crippen LogP contribution < -0.4 is 0 Å². The number of carbonyl (C=O) groups excluding carboxylic acids is 1. The van der Waals surface area contributed by atoms with E-state index in [1.165, 1.54) is 148 Å². The third-order valence-corrected chi connectivity index (χ3v) is 6.19. The van der Waals surface area contributed by atoms with E-state index in [0.29, 0.717) is 6.54 Å². The predicted octanol–water partition coefficient (Wildman–Crippen LogP) is 9.70. The molecule has 0 amide bonds. The van der Waals surface area contributed by atoms with Crippen LogP contribution in [0.3, 0.4) is 0 Å². The first kappa shape index (κ1) is 28.4. The maximum Gasteiger partial charge on any atom is 0.234 e. The van der Waals surface area contributed by atoms with Crippen LogP contribution in [0.25, 0.3) is 0 Å². The summed E-state index contributed by atoms with van der Waals surface area (Å²) >= 11 is 0. The molecule has 172 valence electrons. The second-order valence-electron chi connectivity index (χ2n) is 9.10. The summed E-state index contributed by atoms with van der Waals surface area (Å²) in [7, 11) is 0. The predicted molar refractivity (Wildman–Crippen MR) is 129 cm³/mol. The topological polar surface area (TPSA) is 29.4 Å². The molecule has 2 heteroatoms. The van der Waals surface area contributed by atoms with Gasteiger partial charge in [-0.05, 0) is 6.42 Å². The molecular formula is C27H53NO. The molecule has 0 atom stereocenters. The van der Waals surface area contributed by atoms with Gasteiger partial charge in [-0.1, -0.05) is 155 Å². The van der Waals surface area contributed by atoms with Crippen LogP contribution in [0.5, 0.6) is 0 Å². The third-order valence-electron chi connectivity index (χ3n) is 6.19. The summed E-state index contributed by atoms with van der Waals surface area (Å²) in [6, 6.07) is 0. The lowest BCUT2D eigenvalue weighted by molar-refractivity contribution is 0.517. The van der Waals surface area contributed by atoms with Gasteiger partial charge >= 0.3 is 0 Å². The van der Waals surface area contributed by atoms with Gasteiger partial charge in [-0.15, -0.1) is 0 Å². The molecule has 0 aromatic carbocycles. The van der Waals surface area contributed by atoms with Crippen LogP contribution >= 0.6 is 0 Å². The minimum absolute atomic E-state index is 0.669. The van der Waals surface area contributed by atoms with Crippen LogP contribution in [0, 0.1) is 0 Å². The zero-order chi connectivity index (χ0) is 21.1. The standard InChI is InChI=1S/C27H53NO/c1-2-3-4-5-6-7-8-9-10-11-12-13-14-15-16-17-18-19-20-21-22-23-24-25-26-28-27-29/h2-26H2,1H3. The van der Waals surface area contributed by atoms with E-state index in [-0.39, 0.29) is 0 Å². The average Bonchev–Trinajstić information content (AvgIpc) is 2.74. The highest BCUT2D eigenvalue weighted by atomic mass is 16.1. The Hall–Kier alpha value is -0.620. The first-order valence-electron chi connectivity index (χ1n) is 13.5. The number of unbranched alkanes of at least 4 members (excludes halogenated alkanes) is 23. The Morgan fingerprint density at radius 3 is 0.897 bits per heavy atom. The van der Waals surface area contributed by atoms with Crippen molar-refractivity contribution in [3.05, 3.63) is 0 Å². The molecule has 0 rings (SSSR count). The SMILES string of the molecule is CCCCCCCCCCCCCCCCCCCCCCCCCCN=C=O. The third kappa shape index (κ3) is 27.4. The van der Waals surface area contributed by atoms with Crippen LogP contribution in [0.15, 0.2) is 4.99 Å². The van der Waals surface area contributed by atoms with Gasteiger partial charge < -0.3 is 0 Å². The summed E-state index contributed by atoms with van der Waals surface area (Å²) in [5.41, 5.74) is 0. The summed E-state index contributed by atoms with van der Waals surface area (Å²) in [4.78, 5) is 13.5. The highest BCUT2D eigenvalue weighted by Crippen LogP contribution is 2.15. The zero-order valence-electron chi connectivity index (χ0n) is 20.0. The lowest BCUT2D eigenvalue weighted by atomic mass is 10.0. The minimum Gasteiger partial charge on any atom is -0.211 e. The van der Waals surface area contributed by atoms with E-state index >= 15 is 0 Å². The summed E-state index contributed by atoms with van der Waals surface area (Å²) in [6.07, 6.45) is 35.5. The lowest BCUT2D eigenvalue weighted by Gasteiger charge is -2.04.